The number of amides is 1. The van der Waals surface area contributed by atoms with Crippen LogP contribution >= 0.6 is 0 Å². The van der Waals surface area contributed by atoms with Crippen molar-refractivity contribution in [3.63, 3.8) is 0 Å². The Labute approximate surface area is 323 Å². The number of hydrogen-bond acceptors (Lipinski definition) is 6. The maximum Gasteiger partial charge on any atom is 0.407 e. The number of hydrogen-bond donors (Lipinski definition) is 2. The zero-order chi connectivity index (χ0) is 37.8. The minimum absolute atomic E-state index is 0.103. The first-order valence-electron chi connectivity index (χ1n) is 22.3. The van der Waals surface area contributed by atoms with E-state index in [0.717, 1.165) is 12.8 Å². The highest BCUT2D eigenvalue weighted by Crippen LogP contribution is 2.12. The molecular weight excluding hydrogens is 649 g/mol. The number of alkyl carbamates (subject to hydrolysis) is 1. The highest BCUT2D eigenvalue weighted by atomic mass is 16.6. The lowest BCUT2D eigenvalue weighted by atomic mass is 10.1. The number of likely N-dealkylation sites (N-methyl/N-ethyl adjacent to an activating group) is 1. The maximum atomic E-state index is 12.5. The Balaban J connectivity index is 4.00. The highest BCUT2D eigenvalue weighted by Gasteiger charge is 2.15. The van der Waals surface area contributed by atoms with Crippen LogP contribution in [0.5, 0.6) is 0 Å². The Hall–Kier alpha value is -1.41. The van der Waals surface area contributed by atoms with Crippen molar-refractivity contribution in [2.75, 3.05) is 59.7 Å². The first-order chi connectivity index (χ1) is 25.6. The molecular formula is C45H88N2O5. The van der Waals surface area contributed by atoms with Gasteiger partial charge in [-0.15, -0.1) is 0 Å². The zero-order valence-corrected chi connectivity index (χ0v) is 34.9. The summed E-state index contributed by atoms with van der Waals surface area (Å²) in [6.07, 6.45) is 44.8. The predicted octanol–water partition coefficient (Wildman–Crippen LogP) is 12.1. The van der Waals surface area contributed by atoms with Crippen LogP contribution in [0.15, 0.2) is 24.3 Å². The largest absolute Gasteiger partial charge is 0.441 e. The second-order valence-electron chi connectivity index (χ2n) is 15.0. The third kappa shape index (κ3) is 41.3. The SMILES string of the molecule is CCCCCCCCC=CCCCCCCCCOCC(COCCCCCCCCC=CCCCCCCCC)OC(=O)NCCN(C)CCO. The molecule has 0 aliphatic rings. The molecule has 0 aliphatic heterocycles. The van der Waals surface area contributed by atoms with Gasteiger partial charge in [0.25, 0.3) is 0 Å². The van der Waals surface area contributed by atoms with Gasteiger partial charge in [0.05, 0.1) is 19.8 Å². The van der Waals surface area contributed by atoms with E-state index in [1.807, 2.05) is 11.9 Å². The molecule has 7 nitrogen and oxygen atoms in total. The third-order valence-corrected chi connectivity index (χ3v) is 9.73. The van der Waals surface area contributed by atoms with Crippen LogP contribution in [0.2, 0.25) is 0 Å². The first-order valence-corrected chi connectivity index (χ1v) is 22.3. The molecule has 7 heteroatoms. The predicted molar refractivity (Wildman–Crippen MR) is 223 cm³/mol. The standard InChI is InChI=1S/C45H88N2O5/c1-4-6-8-10-12-14-16-18-20-22-24-26-28-30-32-34-40-50-42-44(52-45(49)46-36-37-47(3)38-39-48)43-51-41-35-33-31-29-27-25-23-21-19-17-15-13-11-9-7-5-2/h18-21,44,48H,4-17,22-43H2,1-3H3,(H,46,49). The van der Waals surface area contributed by atoms with Crippen molar-refractivity contribution in [1.82, 2.24) is 10.2 Å². The van der Waals surface area contributed by atoms with Gasteiger partial charge >= 0.3 is 6.09 Å². The Bertz CT molecular complexity index is 716. The van der Waals surface area contributed by atoms with E-state index in [2.05, 4.69) is 43.5 Å². The molecule has 0 rings (SSSR count). The van der Waals surface area contributed by atoms with Gasteiger partial charge in [0.15, 0.2) is 6.10 Å². The van der Waals surface area contributed by atoms with E-state index in [0.29, 0.717) is 46.1 Å². The van der Waals surface area contributed by atoms with Gasteiger partial charge < -0.3 is 29.5 Å². The van der Waals surface area contributed by atoms with Crippen molar-refractivity contribution < 1.29 is 24.1 Å². The Kier molecular flexibility index (Phi) is 42.8. The number of allylic oxidation sites excluding steroid dienone is 4. The average molecular weight is 737 g/mol. The topological polar surface area (TPSA) is 80.3 Å². The second-order valence-corrected chi connectivity index (χ2v) is 15.0. The summed E-state index contributed by atoms with van der Waals surface area (Å²) in [4.78, 5) is 14.4. The van der Waals surface area contributed by atoms with Crippen LogP contribution in [0.1, 0.15) is 194 Å². The van der Waals surface area contributed by atoms with Gasteiger partial charge in [0.2, 0.25) is 0 Å². The second kappa shape index (κ2) is 44.0. The molecule has 0 heterocycles. The fraction of sp³-hybridized carbons (Fsp3) is 0.889. The molecule has 52 heavy (non-hydrogen) atoms. The number of ether oxygens (including phenoxy) is 3. The van der Waals surface area contributed by atoms with Crippen LogP contribution < -0.4 is 5.32 Å². The monoisotopic (exact) mass is 737 g/mol. The maximum absolute atomic E-state index is 12.5. The van der Waals surface area contributed by atoms with E-state index in [1.54, 1.807) is 0 Å². The van der Waals surface area contributed by atoms with E-state index in [1.165, 1.54) is 167 Å². The summed E-state index contributed by atoms with van der Waals surface area (Å²) in [5, 5.41) is 11.9. The number of carbonyl (C=O) groups excluding carboxylic acids is 1. The smallest absolute Gasteiger partial charge is 0.407 e. The van der Waals surface area contributed by atoms with Crippen LogP contribution in [0.25, 0.3) is 0 Å². The number of unbranched alkanes of at least 4 members (excludes halogenated alkanes) is 24. The van der Waals surface area contributed by atoms with Crippen molar-refractivity contribution in [1.29, 1.82) is 0 Å². The molecule has 0 unspecified atom stereocenters. The minimum atomic E-state index is -0.441. The number of aliphatic hydroxyl groups is 1. The average Bonchev–Trinajstić information content (AvgIpc) is 3.13. The third-order valence-electron chi connectivity index (χ3n) is 9.73. The van der Waals surface area contributed by atoms with Crippen LogP contribution in [-0.2, 0) is 14.2 Å². The van der Waals surface area contributed by atoms with Gasteiger partial charge in [0.1, 0.15) is 0 Å². The van der Waals surface area contributed by atoms with Crippen molar-refractivity contribution in [3.8, 4) is 0 Å². The number of carbonyl (C=O) groups is 1. The van der Waals surface area contributed by atoms with Crippen LogP contribution in [-0.4, -0.2) is 81.9 Å². The van der Waals surface area contributed by atoms with E-state index in [4.69, 9.17) is 19.3 Å². The normalized spacial score (nSPS) is 12.5. The Morgan fingerprint density at radius 3 is 1.31 bits per heavy atom. The van der Waals surface area contributed by atoms with Gasteiger partial charge in [-0.1, -0.05) is 154 Å². The van der Waals surface area contributed by atoms with Crippen LogP contribution in [0.4, 0.5) is 4.79 Å². The lowest BCUT2D eigenvalue weighted by Gasteiger charge is -2.20. The van der Waals surface area contributed by atoms with Gasteiger partial charge in [-0.2, -0.15) is 0 Å². The summed E-state index contributed by atoms with van der Waals surface area (Å²) in [6, 6.07) is 0. The molecule has 0 radical (unpaired) electrons. The molecule has 1 amide bonds. The Morgan fingerprint density at radius 2 is 0.923 bits per heavy atom. The summed E-state index contributed by atoms with van der Waals surface area (Å²) in [5.41, 5.74) is 0. The fourth-order valence-corrected chi connectivity index (χ4v) is 6.27. The Morgan fingerprint density at radius 1 is 0.558 bits per heavy atom. The number of aliphatic hydroxyl groups excluding tert-OH is 1. The summed E-state index contributed by atoms with van der Waals surface area (Å²) in [5.74, 6) is 0. The number of nitrogens with one attached hydrogen (secondary N) is 1. The summed E-state index contributed by atoms with van der Waals surface area (Å²) in [6.45, 7) is 8.43. The quantitative estimate of drug-likeness (QED) is 0.0480. The molecule has 0 spiro atoms. The molecule has 0 aromatic heterocycles. The minimum Gasteiger partial charge on any atom is -0.441 e. The first kappa shape index (κ1) is 50.6. The summed E-state index contributed by atoms with van der Waals surface area (Å²) >= 11 is 0. The molecule has 0 aliphatic carbocycles. The lowest BCUT2D eigenvalue weighted by Crippen LogP contribution is -2.38. The van der Waals surface area contributed by atoms with Crippen molar-refractivity contribution in [3.05, 3.63) is 24.3 Å². The summed E-state index contributed by atoms with van der Waals surface area (Å²) < 4.78 is 17.6. The molecule has 2 N–H and O–H groups in total. The number of rotatable bonds is 42. The molecule has 0 aromatic carbocycles. The van der Waals surface area contributed by atoms with Crippen molar-refractivity contribution >= 4 is 6.09 Å². The van der Waals surface area contributed by atoms with E-state index in [9.17, 15) is 4.79 Å². The van der Waals surface area contributed by atoms with Crippen molar-refractivity contribution in [2.24, 2.45) is 0 Å². The fourth-order valence-electron chi connectivity index (χ4n) is 6.27. The lowest BCUT2D eigenvalue weighted by molar-refractivity contribution is -0.0292. The van der Waals surface area contributed by atoms with Crippen LogP contribution in [0, 0.1) is 0 Å². The van der Waals surface area contributed by atoms with Gasteiger partial charge in [-0.05, 0) is 71.3 Å². The highest BCUT2D eigenvalue weighted by molar-refractivity contribution is 5.67. The van der Waals surface area contributed by atoms with Gasteiger partial charge in [-0.3, -0.25) is 0 Å². The van der Waals surface area contributed by atoms with Crippen LogP contribution in [0.3, 0.4) is 0 Å². The molecule has 0 saturated heterocycles. The number of nitrogens with zero attached hydrogens (tertiary/aromatic N) is 1. The zero-order valence-electron chi connectivity index (χ0n) is 34.9. The molecule has 0 aromatic rings. The molecule has 0 bridgehead atoms. The van der Waals surface area contributed by atoms with E-state index >= 15 is 0 Å². The molecule has 0 saturated carbocycles. The molecule has 0 atom stereocenters. The van der Waals surface area contributed by atoms with Crippen molar-refractivity contribution in [2.45, 2.75) is 200 Å². The van der Waals surface area contributed by atoms with Gasteiger partial charge in [0, 0.05) is 32.8 Å². The molecule has 0 fully saturated rings. The van der Waals surface area contributed by atoms with E-state index in [-0.39, 0.29) is 6.61 Å². The van der Waals surface area contributed by atoms with E-state index < -0.39 is 12.2 Å². The van der Waals surface area contributed by atoms with Gasteiger partial charge in [-0.25, -0.2) is 4.79 Å². The molecule has 308 valence electrons. The summed E-state index contributed by atoms with van der Waals surface area (Å²) in [7, 11) is 1.92.